The minimum Gasteiger partial charge on any atom is -0.465 e. The van der Waals surface area contributed by atoms with E-state index in [-0.39, 0.29) is 17.4 Å². The second kappa shape index (κ2) is 17.3. The third-order valence-corrected chi connectivity index (χ3v) is 10.6. The zero-order valence-electron chi connectivity index (χ0n) is 28.2. The Kier molecular flexibility index (Phi) is 12.2. The van der Waals surface area contributed by atoms with Gasteiger partial charge in [0.25, 0.3) is 11.8 Å². The summed E-state index contributed by atoms with van der Waals surface area (Å²) < 4.78 is 5.11. The van der Waals surface area contributed by atoms with Crippen molar-refractivity contribution in [1.29, 1.82) is 0 Å². The third-order valence-electron chi connectivity index (χ3n) is 8.20. The summed E-state index contributed by atoms with van der Waals surface area (Å²) in [6, 6.07) is 32.8. The second-order valence-corrected chi connectivity index (χ2v) is 14.5. The highest BCUT2D eigenvalue weighted by Crippen LogP contribution is 2.38. The molecule has 0 saturated carbocycles. The average Bonchev–Trinajstić information content (AvgIpc) is 3.51. The van der Waals surface area contributed by atoms with E-state index in [4.69, 9.17) is 16.3 Å². The Bertz CT molecular complexity index is 2100. The van der Waals surface area contributed by atoms with Gasteiger partial charge in [0.1, 0.15) is 10.7 Å². The summed E-state index contributed by atoms with van der Waals surface area (Å²) in [5.74, 6) is -1.64. The molecule has 4 aromatic carbocycles. The number of carbonyl (C=O) groups excluding carboxylic acids is 4. The van der Waals surface area contributed by atoms with Crippen LogP contribution in [0.4, 0.5) is 10.7 Å². The Morgan fingerprint density at radius 1 is 0.904 bits per heavy atom. The number of nitrogens with zero attached hydrogens (tertiary/aromatic N) is 1. The van der Waals surface area contributed by atoms with Crippen LogP contribution < -0.4 is 16.0 Å². The molecule has 1 aliphatic heterocycles. The van der Waals surface area contributed by atoms with Gasteiger partial charge in [0, 0.05) is 45.7 Å². The Morgan fingerprint density at radius 2 is 1.63 bits per heavy atom. The SMILES string of the molecule is COC(=O)c1c(NC(=O)CSc2cccc(NC(=O)/C(=C\c3ccc(Cl)cc3)NC(=O)c3ccccc3)c2)sc2c1CCN(Cc1ccccc1)C2. The molecule has 0 bridgehead atoms. The zero-order chi connectivity index (χ0) is 36.5. The number of rotatable bonds is 12. The van der Waals surface area contributed by atoms with Gasteiger partial charge in [-0.05, 0) is 71.7 Å². The van der Waals surface area contributed by atoms with E-state index in [0.717, 1.165) is 28.4 Å². The fraction of sp³-hybridized carbons (Fsp3) is 0.150. The second-order valence-electron chi connectivity index (χ2n) is 11.9. The van der Waals surface area contributed by atoms with Crippen LogP contribution in [0.25, 0.3) is 6.08 Å². The maximum atomic E-state index is 13.5. The number of methoxy groups -OCH3 is 1. The first-order chi connectivity index (χ1) is 25.2. The summed E-state index contributed by atoms with van der Waals surface area (Å²) in [4.78, 5) is 56.7. The van der Waals surface area contributed by atoms with Gasteiger partial charge in [-0.1, -0.05) is 78.3 Å². The first-order valence-electron chi connectivity index (χ1n) is 16.4. The van der Waals surface area contributed by atoms with Crippen molar-refractivity contribution in [2.45, 2.75) is 24.4 Å². The number of nitrogens with one attached hydrogen (secondary N) is 3. The molecule has 1 aromatic heterocycles. The number of fused-ring (bicyclic) bond motifs is 1. The van der Waals surface area contributed by atoms with Gasteiger partial charge >= 0.3 is 5.97 Å². The van der Waals surface area contributed by atoms with Gasteiger partial charge in [-0.25, -0.2) is 4.79 Å². The van der Waals surface area contributed by atoms with E-state index in [1.54, 1.807) is 78.9 Å². The summed E-state index contributed by atoms with van der Waals surface area (Å²) in [5.41, 5.74) is 4.16. The lowest BCUT2D eigenvalue weighted by Crippen LogP contribution is -2.30. The molecular weight excluding hydrogens is 716 g/mol. The minimum atomic E-state index is -0.529. The quantitative estimate of drug-likeness (QED) is 0.0675. The van der Waals surface area contributed by atoms with Gasteiger partial charge in [0.2, 0.25) is 5.91 Å². The predicted molar refractivity (Wildman–Crippen MR) is 208 cm³/mol. The monoisotopic (exact) mass is 750 g/mol. The van der Waals surface area contributed by atoms with Crippen LogP contribution in [0.2, 0.25) is 5.02 Å². The highest BCUT2D eigenvalue weighted by molar-refractivity contribution is 8.00. The van der Waals surface area contributed by atoms with Crippen LogP contribution in [0.5, 0.6) is 0 Å². The fourth-order valence-corrected chi connectivity index (χ4v) is 7.86. The van der Waals surface area contributed by atoms with E-state index in [1.807, 2.05) is 24.3 Å². The molecule has 3 amide bonds. The van der Waals surface area contributed by atoms with Crippen LogP contribution in [-0.4, -0.2) is 48.0 Å². The number of anilines is 2. The van der Waals surface area contributed by atoms with E-state index < -0.39 is 17.8 Å². The Morgan fingerprint density at radius 3 is 2.37 bits per heavy atom. The van der Waals surface area contributed by atoms with Crippen molar-refractivity contribution in [2.75, 3.05) is 30.0 Å². The Hall–Kier alpha value is -5.20. The number of thioether (sulfide) groups is 1. The van der Waals surface area contributed by atoms with Gasteiger partial charge in [-0.3, -0.25) is 19.3 Å². The van der Waals surface area contributed by atoms with Crippen molar-refractivity contribution in [3.05, 3.63) is 153 Å². The predicted octanol–water partition coefficient (Wildman–Crippen LogP) is 7.89. The van der Waals surface area contributed by atoms with E-state index in [1.165, 1.54) is 35.8 Å². The molecule has 52 heavy (non-hydrogen) atoms. The molecule has 9 nitrogen and oxygen atoms in total. The molecule has 264 valence electrons. The van der Waals surface area contributed by atoms with E-state index in [2.05, 4.69) is 33.0 Å². The van der Waals surface area contributed by atoms with E-state index >= 15 is 0 Å². The lowest BCUT2D eigenvalue weighted by atomic mass is 10.0. The van der Waals surface area contributed by atoms with E-state index in [9.17, 15) is 19.2 Å². The van der Waals surface area contributed by atoms with Crippen LogP contribution in [0.15, 0.2) is 120 Å². The van der Waals surface area contributed by atoms with Gasteiger partial charge in [0.15, 0.2) is 0 Å². The molecule has 0 radical (unpaired) electrons. The molecule has 0 saturated heterocycles. The fourth-order valence-electron chi connectivity index (χ4n) is 5.68. The van der Waals surface area contributed by atoms with E-state index in [0.29, 0.717) is 45.4 Å². The minimum absolute atomic E-state index is 0.0388. The molecule has 12 heteroatoms. The molecular formula is C40H35ClN4O5S2. The van der Waals surface area contributed by atoms with Crippen LogP contribution in [0.3, 0.4) is 0 Å². The van der Waals surface area contributed by atoms with Crippen LogP contribution >= 0.6 is 34.7 Å². The number of carbonyl (C=O) groups is 4. The molecule has 2 heterocycles. The summed E-state index contributed by atoms with van der Waals surface area (Å²) in [5, 5.41) is 9.57. The van der Waals surface area contributed by atoms with Crippen molar-refractivity contribution in [1.82, 2.24) is 10.2 Å². The summed E-state index contributed by atoms with van der Waals surface area (Å²) in [6.45, 7) is 2.26. The zero-order valence-corrected chi connectivity index (χ0v) is 30.6. The van der Waals surface area contributed by atoms with Gasteiger partial charge in [-0.2, -0.15) is 0 Å². The van der Waals surface area contributed by atoms with Gasteiger partial charge < -0.3 is 20.7 Å². The summed E-state index contributed by atoms with van der Waals surface area (Å²) in [6.07, 6.45) is 2.25. The average molecular weight is 751 g/mol. The van der Waals surface area contributed by atoms with Crippen molar-refractivity contribution in [2.24, 2.45) is 0 Å². The van der Waals surface area contributed by atoms with Crippen LogP contribution in [0.1, 0.15) is 42.3 Å². The maximum absolute atomic E-state index is 13.5. The largest absolute Gasteiger partial charge is 0.465 e. The molecule has 0 aliphatic carbocycles. The molecule has 0 spiro atoms. The normalized spacial score (nSPS) is 12.8. The third kappa shape index (κ3) is 9.56. The summed E-state index contributed by atoms with van der Waals surface area (Å²) >= 11 is 8.74. The number of hydrogen-bond acceptors (Lipinski definition) is 8. The number of hydrogen-bond donors (Lipinski definition) is 3. The van der Waals surface area contributed by atoms with Crippen LogP contribution in [-0.2, 0) is 33.8 Å². The first-order valence-corrected chi connectivity index (χ1v) is 18.6. The molecule has 0 atom stereocenters. The standard InChI is InChI=1S/C40H35ClN4O5S2/c1-50-40(49)36-32-19-20-45(23-27-9-4-2-5-10-27)24-34(32)52-39(36)44-35(46)25-51-31-14-8-13-30(22-31)42-38(48)33(21-26-15-17-29(41)18-16-26)43-37(47)28-11-6-3-7-12-28/h2-18,21-22H,19-20,23-25H2,1H3,(H,42,48)(H,43,47)(H,44,46)/b33-21+. The number of amides is 3. The number of esters is 1. The number of halogens is 1. The number of thiophene rings is 1. The molecule has 0 unspecified atom stereocenters. The smallest absolute Gasteiger partial charge is 0.341 e. The van der Waals surface area contributed by atoms with Crippen molar-refractivity contribution in [3.8, 4) is 0 Å². The lowest BCUT2D eigenvalue weighted by Gasteiger charge is -2.27. The number of ether oxygens (including phenoxy) is 1. The van der Waals surface area contributed by atoms with Crippen LogP contribution in [0, 0.1) is 0 Å². The molecule has 3 N–H and O–H groups in total. The Labute approximate surface area is 315 Å². The topological polar surface area (TPSA) is 117 Å². The Balaban J connectivity index is 1.11. The molecule has 6 rings (SSSR count). The van der Waals surface area contributed by atoms with Gasteiger partial charge in [0.05, 0.1) is 18.4 Å². The maximum Gasteiger partial charge on any atom is 0.341 e. The highest BCUT2D eigenvalue weighted by Gasteiger charge is 2.29. The summed E-state index contributed by atoms with van der Waals surface area (Å²) in [7, 11) is 1.35. The molecule has 5 aromatic rings. The van der Waals surface area contributed by atoms with Crippen molar-refractivity contribution < 1.29 is 23.9 Å². The van der Waals surface area contributed by atoms with Gasteiger partial charge in [-0.15, -0.1) is 23.1 Å². The van der Waals surface area contributed by atoms with Crippen molar-refractivity contribution in [3.63, 3.8) is 0 Å². The lowest BCUT2D eigenvalue weighted by molar-refractivity contribution is -0.114. The molecule has 1 aliphatic rings. The number of benzene rings is 4. The first kappa shape index (κ1) is 36.6. The molecule has 0 fully saturated rings. The van der Waals surface area contributed by atoms with Crippen molar-refractivity contribution >= 4 is 75.2 Å². The highest BCUT2D eigenvalue weighted by atomic mass is 35.5.